The van der Waals surface area contributed by atoms with E-state index in [-0.39, 0.29) is 11.5 Å². The van der Waals surface area contributed by atoms with Crippen LogP contribution in [0, 0.1) is 6.92 Å². The van der Waals surface area contributed by atoms with Gasteiger partial charge in [-0.1, -0.05) is 0 Å². The number of pyridine rings is 2. The highest BCUT2D eigenvalue weighted by Crippen LogP contribution is 2.27. The SMILES string of the molecule is Cc1cc(N2CCCCC2)nc2ccc(NC(=O)c3ccc(=O)[nH]c3)cc12. The van der Waals surface area contributed by atoms with Crippen molar-refractivity contribution in [1.29, 1.82) is 0 Å². The summed E-state index contributed by atoms with van der Waals surface area (Å²) in [6.07, 6.45) is 5.14. The van der Waals surface area contributed by atoms with Crippen LogP contribution in [0.4, 0.5) is 11.5 Å². The monoisotopic (exact) mass is 362 g/mol. The molecule has 0 saturated carbocycles. The minimum Gasteiger partial charge on any atom is -0.357 e. The molecule has 1 amide bonds. The summed E-state index contributed by atoms with van der Waals surface area (Å²) in [6, 6.07) is 10.7. The molecule has 3 aromatic rings. The van der Waals surface area contributed by atoms with Gasteiger partial charge in [-0.2, -0.15) is 0 Å². The number of rotatable bonds is 3. The van der Waals surface area contributed by atoms with Crippen molar-refractivity contribution in [2.24, 2.45) is 0 Å². The molecule has 0 spiro atoms. The molecule has 1 aromatic carbocycles. The van der Waals surface area contributed by atoms with Gasteiger partial charge in [0.1, 0.15) is 5.82 Å². The Balaban J connectivity index is 1.60. The van der Waals surface area contributed by atoms with Crippen molar-refractivity contribution >= 4 is 28.3 Å². The van der Waals surface area contributed by atoms with E-state index >= 15 is 0 Å². The van der Waals surface area contributed by atoms with Gasteiger partial charge in [-0.3, -0.25) is 9.59 Å². The molecule has 0 unspecified atom stereocenters. The number of nitrogens with one attached hydrogen (secondary N) is 2. The predicted octanol–water partition coefficient (Wildman–Crippen LogP) is 3.47. The number of amides is 1. The number of carbonyl (C=O) groups is 1. The molecule has 3 heterocycles. The van der Waals surface area contributed by atoms with Gasteiger partial charge in [-0.25, -0.2) is 4.98 Å². The molecule has 2 N–H and O–H groups in total. The molecule has 138 valence electrons. The minimum absolute atomic E-state index is 0.233. The maximum atomic E-state index is 12.4. The number of nitrogens with zero attached hydrogens (tertiary/aromatic N) is 2. The van der Waals surface area contributed by atoms with Gasteiger partial charge in [0.05, 0.1) is 11.1 Å². The Bertz CT molecular complexity index is 1030. The second-order valence-corrected chi connectivity index (χ2v) is 6.97. The Morgan fingerprint density at radius 3 is 2.67 bits per heavy atom. The third-order valence-electron chi connectivity index (χ3n) is 4.99. The van der Waals surface area contributed by atoms with Crippen molar-refractivity contribution < 1.29 is 4.79 Å². The lowest BCUT2D eigenvalue weighted by atomic mass is 10.1. The lowest BCUT2D eigenvalue weighted by molar-refractivity contribution is 0.102. The van der Waals surface area contributed by atoms with Gasteiger partial charge in [0, 0.05) is 36.4 Å². The predicted molar refractivity (Wildman–Crippen MR) is 108 cm³/mol. The van der Waals surface area contributed by atoms with E-state index in [0.29, 0.717) is 11.3 Å². The maximum absolute atomic E-state index is 12.4. The molecule has 1 aliphatic heterocycles. The van der Waals surface area contributed by atoms with Gasteiger partial charge in [-0.05, 0) is 62.1 Å². The summed E-state index contributed by atoms with van der Waals surface area (Å²) in [4.78, 5) is 33.2. The van der Waals surface area contributed by atoms with E-state index in [0.717, 1.165) is 35.4 Å². The molecule has 4 rings (SSSR count). The van der Waals surface area contributed by atoms with E-state index in [9.17, 15) is 9.59 Å². The summed E-state index contributed by atoms with van der Waals surface area (Å²) in [7, 11) is 0. The lowest BCUT2D eigenvalue weighted by Crippen LogP contribution is -2.30. The molecule has 1 saturated heterocycles. The molecule has 1 aliphatic rings. The van der Waals surface area contributed by atoms with Crippen molar-refractivity contribution in [3.05, 3.63) is 64.1 Å². The van der Waals surface area contributed by atoms with E-state index in [1.807, 2.05) is 18.2 Å². The Kier molecular flexibility index (Phi) is 4.62. The Hall–Kier alpha value is -3.15. The van der Waals surface area contributed by atoms with Crippen LogP contribution >= 0.6 is 0 Å². The van der Waals surface area contributed by atoms with Crippen molar-refractivity contribution in [2.45, 2.75) is 26.2 Å². The fourth-order valence-corrected chi connectivity index (χ4v) is 3.49. The zero-order valence-electron chi connectivity index (χ0n) is 15.3. The van der Waals surface area contributed by atoms with Gasteiger partial charge in [-0.15, -0.1) is 0 Å². The quantitative estimate of drug-likeness (QED) is 0.748. The van der Waals surface area contributed by atoms with Crippen LogP contribution in [0.2, 0.25) is 0 Å². The smallest absolute Gasteiger partial charge is 0.257 e. The third-order valence-corrected chi connectivity index (χ3v) is 4.99. The highest BCUT2D eigenvalue weighted by molar-refractivity contribution is 6.05. The maximum Gasteiger partial charge on any atom is 0.257 e. The van der Waals surface area contributed by atoms with Gasteiger partial charge in [0.15, 0.2) is 0 Å². The molecular weight excluding hydrogens is 340 g/mol. The molecule has 0 radical (unpaired) electrons. The Morgan fingerprint density at radius 1 is 1.11 bits per heavy atom. The zero-order chi connectivity index (χ0) is 18.8. The van der Waals surface area contributed by atoms with Crippen LogP contribution < -0.4 is 15.8 Å². The molecule has 27 heavy (non-hydrogen) atoms. The van der Waals surface area contributed by atoms with E-state index in [1.54, 1.807) is 0 Å². The second-order valence-electron chi connectivity index (χ2n) is 6.97. The molecule has 0 aliphatic carbocycles. The number of anilines is 2. The van der Waals surface area contributed by atoms with Crippen molar-refractivity contribution in [3.63, 3.8) is 0 Å². The van der Waals surface area contributed by atoms with Crippen LogP contribution in [0.1, 0.15) is 35.2 Å². The Morgan fingerprint density at radius 2 is 1.93 bits per heavy atom. The fourth-order valence-electron chi connectivity index (χ4n) is 3.49. The number of aryl methyl sites for hydroxylation is 1. The van der Waals surface area contributed by atoms with E-state index in [1.165, 1.54) is 37.6 Å². The standard InChI is InChI=1S/C21H22N4O2/c1-14-11-19(25-9-3-2-4-10-25)24-18-7-6-16(12-17(14)18)23-21(27)15-5-8-20(26)22-13-15/h5-8,11-13H,2-4,9-10H2,1H3,(H,22,26)(H,23,27). The first-order valence-corrected chi connectivity index (χ1v) is 9.26. The molecule has 6 nitrogen and oxygen atoms in total. The molecular formula is C21H22N4O2. The first-order valence-electron chi connectivity index (χ1n) is 9.26. The van der Waals surface area contributed by atoms with E-state index < -0.39 is 0 Å². The topological polar surface area (TPSA) is 78.1 Å². The largest absolute Gasteiger partial charge is 0.357 e. The van der Waals surface area contributed by atoms with Crippen molar-refractivity contribution in [1.82, 2.24) is 9.97 Å². The van der Waals surface area contributed by atoms with E-state index in [2.05, 4.69) is 28.2 Å². The van der Waals surface area contributed by atoms with Crippen molar-refractivity contribution in [2.75, 3.05) is 23.3 Å². The first-order chi connectivity index (χ1) is 13.1. The zero-order valence-corrected chi connectivity index (χ0v) is 15.3. The number of aromatic nitrogens is 2. The number of H-pyrrole nitrogens is 1. The minimum atomic E-state index is -0.263. The number of benzene rings is 1. The van der Waals surface area contributed by atoms with Crippen molar-refractivity contribution in [3.8, 4) is 0 Å². The average molecular weight is 362 g/mol. The number of aromatic amines is 1. The van der Waals surface area contributed by atoms with Gasteiger partial charge in [0.2, 0.25) is 5.56 Å². The lowest BCUT2D eigenvalue weighted by Gasteiger charge is -2.28. The number of hydrogen-bond acceptors (Lipinski definition) is 4. The van der Waals surface area contributed by atoms with Crippen LogP contribution in [0.3, 0.4) is 0 Å². The number of fused-ring (bicyclic) bond motifs is 1. The van der Waals surface area contributed by atoms with Crippen LogP contribution in [-0.2, 0) is 0 Å². The highest BCUT2D eigenvalue weighted by Gasteiger charge is 2.14. The summed E-state index contributed by atoms with van der Waals surface area (Å²) >= 11 is 0. The third kappa shape index (κ3) is 3.69. The van der Waals surface area contributed by atoms with Crippen LogP contribution in [0.5, 0.6) is 0 Å². The summed E-state index contributed by atoms with van der Waals surface area (Å²) in [5.41, 5.74) is 2.95. The van der Waals surface area contributed by atoms with Crippen LogP contribution in [0.25, 0.3) is 10.9 Å². The summed E-state index contributed by atoms with van der Waals surface area (Å²) < 4.78 is 0. The molecule has 0 bridgehead atoms. The van der Waals surface area contributed by atoms with Crippen LogP contribution in [0.15, 0.2) is 47.4 Å². The number of piperidine rings is 1. The number of hydrogen-bond donors (Lipinski definition) is 2. The summed E-state index contributed by atoms with van der Waals surface area (Å²) in [5.74, 6) is 0.769. The molecule has 2 aromatic heterocycles. The van der Waals surface area contributed by atoms with Gasteiger partial charge >= 0.3 is 0 Å². The Labute approximate surface area is 157 Å². The number of carbonyl (C=O) groups excluding carboxylic acids is 1. The van der Waals surface area contributed by atoms with E-state index in [4.69, 9.17) is 4.98 Å². The molecule has 0 atom stereocenters. The summed E-state index contributed by atoms with van der Waals surface area (Å²) in [5, 5.41) is 3.90. The fraction of sp³-hybridized carbons (Fsp3) is 0.286. The van der Waals surface area contributed by atoms with Gasteiger partial charge < -0.3 is 15.2 Å². The average Bonchev–Trinajstić information content (AvgIpc) is 2.69. The molecule has 1 fully saturated rings. The molecule has 6 heteroatoms. The highest BCUT2D eigenvalue weighted by atomic mass is 16.1. The second kappa shape index (κ2) is 7.23. The van der Waals surface area contributed by atoms with Gasteiger partial charge in [0.25, 0.3) is 5.91 Å². The normalized spacial score (nSPS) is 14.3. The first kappa shape index (κ1) is 17.3. The summed E-state index contributed by atoms with van der Waals surface area (Å²) in [6.45, 7) is 4.20. The van der Waals surface area contributed by atoms with Crippen LogP contribution in [-0.4, -0.2) is 29.0 Å².